The number of hydrogen-bond donors (Lipinski definition) is 1. The van der Waals surface area contributed by atoms with Gasteiger partial charge in [-0.05, 0) is 43.9 Å². The number of fused-ring (bicyclic) bond motifs is 1. The maximum atomic E-state index is 5.62. The van der Waals surface area contributed by atoms with Gasteiger partial charge in [0.05, 0.1) is 6.04 Å². The first-order valence-corrected chi connectivity index (χ1v) is 8.89. The van der Waals surface area contributed by atoms with Crippen LogP contribution < -0.4 is 5.32 Å². The SMILES string of the molecule is CC1CCCC(c2noc(C3CC4CCCCC4N3)n2)C1. The van der Waals surface area contributed by atoms with Crippen molar-refractivity contribution in [1.82, 2.24) is 15.5 Å². The monoisotopic (exact) mass is 289 g/mol. The molecule has 4 rings (SSSR count). The Morgan fingerprint density at radius 3 is 2.81 bits per heavy atom. The molecule has 116 valence electrons. The van der Waals surface area contributed by atoms with E-state index < -0.39 is 0 Å². The molecule has 1 N–H and O–H groups in total. The molecule has 2 aliphatic carbocycles. The molecule has 5 unspecified atom stereocenters. The minimum atomic E-state index is 0.306. The highest BCUT2D eigenvalue weighted by Crippen LogP contribution is 2.40. The zero-order valence-electron chi connectivity index (χ0n) is 13.1. The second-order valence-electron chi connectivity index (χ2n) is 7.57. The molecule has 3 aliphatic rings. The van der Waals surface area contributed by atoms with Gasteiger partial charge in [-0.3, -0.25) is 0 Å². The minimum Gasteiger partial charge on any atom is -0.338 e. The van der Waals surface area contributed by atoms with E-state index >= 15 is 0 Å². The molecule has 1 aromatic rings. The molecule has 4 heteroatoms. The third-order valence-corrected chi connectivity index (χ3v) is 5.92. The predicted molar refractivity (Wildman–Crippen MR) is 80.9 cm³/mol. The first kappa shape index (κ1) is 13.7. The Hall–Kier alpha value is -0.900. The molecule has 0 aromatic carbocycles. The normalized spacial score (nSPS) is 40.1. The fourth-order valence-corrected chi connectivity index (χ4v) is 4.73. The van der Waals surface area contributed by atoms with E-state index in [2.05, 4.69) is 17.4 Å². The quantitative estimate of drug-likeness (QED) is 0.895. The summed E-state index contributed by atoms with van der Waals surface area (Å²) in [5.41, 5.74) is 0. The first-order valence-electron chi connectivity index (χ1n) is 8.89. The van der Waals surface area contributed by atoms with Crippen LogP contribution in [0.5, 0.6) is 0 Å². The van der Waals surface area contributed by atoms with Gasteiger partial charge in [-0.1, -0.05) is 37.8 Å². The van der Waals surface area contributed by atoms with Crippen LogP contribution in [0.15, 0.2) is 4.52 Å². The van der Waals surface area contributed by atoms with E-state index in [0.717, 1.165) is 23.6 Å². The van der Waals surface area contributed by atoms with E-state index in [4.69, 9.17) is 9.51 Å². The summed E-state index contributed by atoms with van der Waals surface area (Å²) in [6.45, 7) is 2.34. The Morgan fingerprint density at radius 2 is 1.95 bits per heavy atom. The fourth-order valence-electron chi connectivity index (χ4n) is 4.73. The van der Waals surface area contributed by atoms with Crippen molar-refractivity contribution in [2.24, 2.45) is 11.8 Å². The Bertz CT molecular complexity index is 472. The molecule has 1 aromatic heterocycles. The van der Waals surface area contributed by atoms with Crippen LogP contribution in [0.4, 0.5) is 0 Å². The topological polar surface area (TPSA) is 51.0 Å². The van der Waals surface area contributed by atoms with E-state index in [9.17, 15) is 0 Å². The summed E-state index contributed by atoms with van der Waals surface area (Å²) >= 11 is 0. The number of nitrogens with zero attached hydrogens (tertiary/aromatic N) is 2. The van der Waals surface area contributed by atoms with Crippen molar-refractivity contribution in [3.63, 3.8) is 0 Å². The molecule has 0 bridgehead atoms. The van der Waals surface area contributed by atoms with Gasteiger partial charge in [0.1, 0.15) is 0 Å². The molecule has 3 fully saturated rings. The summed E-state index contributed by atoms with van der Waals surface area (Å²) in [7, 11) is 0. The largest absolute Gasteiger partial charge is 0.338 e. The predicted octanol–water partition coefficient (Wildman–Crippen LogP) is 3.96. The standard InChI is InChI=1S/C17H27N3O/c1-11-5-4-7-13(9-11)16-19-17(21-20-16)15-10-12-6-2-3-8-14(12)18-15/h11-15,18H,2-10H2,1H3. The lowest BCUT2D eigenvalue weighted by Gasteiger charge is -2.24. The Balaban J connectivity index is 1.45. The van der Waals surface area contributed by atoms with Crippen LogP contribution in [0.1, 0.15) is 88.4 Å². The molecular formula is C17H27N3O. The number of nitrogens with one attached hydrogen (secondary N) is 1. The van der Waals surface area contributed by atoms with Crippen LogP contribution >= 0.6 is 0 Å². The van der Waals surface area contributed by atoms with Crippen molar-refractivity contribution < 1.29 is 4.52 Å². The van der Waals surface area contributed by atoms with Crippen LogP contribution in [0.25, 0.3) is 0 Å². The van der Waals surface area contributed by atoms with Gasteiger partial charge in [-0.25, -0.2) is 0 Å². The van der Waals surface area contributed by atoms with Crippen LogP contribution in [0, 0.1) is 11.8 Å². The van der Waals surface area contributed by atoms with E-state index in [1.165, 1.54) is 57.8 Å². The highest BCUT2D eigenvalue weighted by Gasteiger charge is 2.38. The lowest BCUT2D eigenvalue weighted by Crippen LogP contribution is -2.30. The molecule has 2 saturated carbocycles. The summed E-state index contributed by atoms with van der Waals surface area (Å²) in [4.78, 5) is 4.77. The second kappa shape index (κ2) is 5.71. The van der Waals surface area contributed by atoms with Crippen molar-refractivity contribution in [2.45, 2.75) is 82.7 Å². The van der Waals surface area contributed by atoms with Crippen molar-refractivity contribution in [3.05, 3.63) is 11.7 Å². The van der Waals surface area contributed by atoms with Gasteiger partial charge in [0, 0.05) is 12.0 Å². The maximum absolute atomic E-state index is 5.62. The minimum absolute atomic E-state index is 0.306. The highest BCUT2D eigenvalue weighted by molar-refractivity contribution is 5.04. The number of hydrogen-bond acceptors (Lipinski definition) is 4. The van der Waals surface area contributed by atoms with Gasteiger partial charge in [0.2, 0.25) is 5.89 Å². The molecular weight excluding hydrogens is 262 g/mol. The van der Waals surface area contributed by atoms with Crippen molar-refractivity contribution >= 4 is 0 Å². The molecule has 5 atom stereocenters. The Kier molecular flexibility index (Phi) is 3.74. The zero-order chi connectivity index (χ0) is 14.2. The van der Waals surface area contributed by atoms with E-state index in [0.29, 0.717) is 18.0 Å². The van der Waals surface area contributed by atoms with Gasteiger partial charge in [0.25, 0.3) is 0 Å². The molecule has 0 amide bonds. The summed E-state index contributed by atoms with van der Waals surface area (Å²) in [5.74, 6) is 3.97. The lowest BCUT2D eigenvalue weighted by atomic mass is 9.82. The zero-order valence-corrected chi connectivity index (χ0v) is 13.1. The summed E-state index contributed by atoms with van der Waals surface area (Å²) in [6, 6.07) is 0.995. The van der Waals surface area contributed by atoms with E-state index in [1.54, 1.807) is 0 Å². The average Bonchev–Trinajstić information content (AvgIpc) is 3.14. The van der Waals surface area contributed by atoms with Crippen molar-refractivity contribution in [1.29, 1.82) is 0 Å². The second-order valence-corrected chi connectivity index (χ2v) is 7.57. The lowest BCUT2D eigenvalue weighted by molar-refractivity contribution is 0.311. The van der Waals surface area contributed by atoms with E-state index in [1.807, 2.05) is 0 Å². The number of rotatable bonds is 2. The summed E-state index contributed by atoms with van der Waals surface area (Å²) in [6.07, 6.45) is 11.8. The average molecular weight is 289 g/mol. The third kappa shape index (κ3) is 2.75. The van der Waals surface area contributed by atoms with Crippen LogP contribution in [-0.2, 0) is 0 Å². The van der Waals surface area contributed by atoms with Crippen molar-refractivity contribution in [3.8, 4) is 0 Å². The van der Waals surface area contributed by atoms with E-state index in [-0.39, 0.29) is 0 Å². The summed E-state index contributed by atoms with van der Waals surface area (Å²) in [5, 5.41) is 8.05. The highest BCUT2D eigenvalue weighted by atomic mass is 16.5. The maximum Gasteiger partial charge on any atom is 0.243 e. The third-order valence-electron chi connectivity index (χ3n) is 5.92. The van der Waals surface area contributed by atoms with Gasteiger partial charge in [-0.15, -0.1) is 0 Å². The van der Waals surface area contributed by atoms with Crippen LogP contribution in [-0.4, -0.2) is 16.2 Å². The molecule has 1 saturated heterocycles. The molecule has 0 radical (unpaired) electrons. The van der Waals surface area contributed by atoms with Crippen molar-refractivity contribution in [2.75, 3.05) is 0 Å². The van der Waals surface area contributed by atoms with Crippen LogP contribution in [0.3, 0.4) is 0 Å². The fraction of sp³-hybridized carbons (Fsp3) is 0.882. The molecule has 1 aliphatic heterocycles. The Morgan fingerprint density at radius 1 is 1.05 bits per heavy atom. The van der Waals surface area contributed by atoms with Gasteiger partial charge < -0.3 is 9.84 Å². The number of aromatic nitrogens is 2. The van der Waals surface area contributed by atoms with Gasteiger partial charge in [-0.2, -0.15) is 4.98 Å². The smallest absolute Gasteiger partial charge is 0.243 e. The van der Waals surface area contributed by atoms with Gasteiger partial charge in [0.15, 0.2) is 5.82 Å². The molecule has 2 heterocycles. The Labute approximate surface area is 127 Å². The van der Waals surface area contributed by atoms with Gasteiger partial charge >= 0.3 is 0 Å². The first-order chi connectivity index (χ1) is 10.3. The molecule has 0 spiro atoms. The molecule has 21 heavy (non-hydrogen) atoms. The summed E-state index contributed by atoms with van der Waals surface area (Å²) < 4.78 is 5.62. The van der Waals surface area contributed by atoms with Crippen LogP contribution in [0.2, 0.25) is 0 Å². The molecule has 4 nitrogen and oxygen atoms in total.